The molecule has 0 aromatic carbocycles. The van der Waals surface area contributed by atoms with Crippen LogP contribution in [0.4, 0.5) is 4.79 Å². The zero-order valence-electron chi connectivity index (χ0n) is 18.8. The first-order chi connectivity index (χ1) is 13.7. The molecule has 8 nitrogen and oxygen atoms in total. The van der Waals surface area contributed by atoms with Crippen molar-refractivity contribution in [2.24, 2.45) is 10.9 Å². The Balaban J connectivity index is 1.93. The van der Waals surface area contributed by atoms with Crippen molar-refractivity contribution >= 4 is 18.0 Å². The van der Waals surface area contributed by atoms with Crippen LogP contribution in [0, 0.1) is 5.92 Å². The molecular formula is C21H39N5O3. The molecule has 29 heavy (non-hydrogen) atoms. The number of likely N-dealkylation sites (tertiary alicyclic amines) is 1. The van der Waals surface area contributed by atoms with Crippen LogP contribution in [0.25, 0.3) is 0 Å². The van der Waals surface area contributed by atoms with Crippen molar-refractivity contribution in [3.05, 3.63) is 0 Å². The van der Waals surface area contributed by atoms with Crippen molar-refractivity contribution in [3.8, 4) is 0 Å². The molecule has 8 heteroatoms. The van der Waals surface area contributed by atoms with E-state index in [1.54, 1.807) is 0 Å². The van der Waals surface area contributed by atoms with Crippen molar-refractivity contribution in [2.45, 2.75) is 71.9 Å². The third kappa shape index (κ3) is 8.50. The number of carbonyl (C=O) groups excluding carboxylic acids is 2. The van der Waals surface area contributed by atoms with E-state index in [1.165, 1.54) is 19.8 Å². The second kappa shape index (κ2) is 10.7. The minimum Gasteiger partial charge on any atom is -0.444 e. The number of amides is 2. The van der Waals surface area contributed by atoms with E-state index in [4.69, 9.17) is 4.74 Å². The second-order valence-corrected chi connectivity index (χ2v) is 9.01. The Hall–Kier alpha value is -1.99. The zero-order chi connectivity index (χ0) is 21.4. The van der Waals surface area contributed by atoms with Gasteiger partial charge in [0.2, 0.25) is 5.91 Å². The summed E-state index contributed by atoms with van der Waals surface area (Å²) in [5.41, 5.74) is -0.474. The number of nitrogens with one attached hydrogen (secondary N) is 2. The molecule has 2 rings (SSSR count). The zero-order valence-corrected chi connectivity index (χ0v) is 18.8. The lowest BCUT2D eigenvalue weighted by atomic mass is 10.0. The summed E-state index contributed by atoms with van der Waals surface area (Å²) in [6, 6.07) is 0.212. The highest BCUT2D eigenvalue weighted by molar-refractivity contribution is 5.80. The number of guanidine groups is 1. The highest BCUT2D eigenvalue weighted by Gasteiger charge is 2.35. The van der Waals surface area contributed by atoms with Gasteiger partial charge < -0.3 is 25.2 Å². The van der Waals surface area contributed by atoms with E-state index in [9.17, 15) is 9.59 Å². The van der Waals surface area contributed by atoms with Gasteiger partial charge in [-0.25, -0.2) is 4.79 Å². The van der Waals surface area contributed by atoms with Gasteiger partial charge in [0.15, 0.2) is 5.96 Å². The summed E-state index contributed by atoms with van der Waals surface area (Å²) in [6.07, 6.45) is 4.05. The number of ether oxygens (including phenoxy) is 1. The van der Waals surface area contributed by atoms with Gasteiger partial charge in [0, 0.05) is 45.7 Å². The number of carbonyl (C=O) groups is 2. The second-order valence-electron chi connectivity index (χ2n) is 9.01. The highest BCUT2D eigenvalue weighted by Crippen LogP contribution is 2.32. The van der Waals surface area contributed by atoms with Crippen molar-refractivity contribution in [2.75, 3.05) is 39.3 Å². The molecule has 0 aromatic heterocycles. The summed E-state index contributed by atoms with van der Waals surface area (Å²) in [4.78, 5) is 32.7. The van der Waals surface area contributed by atoms with Crippen molar-refractivity contribution in [1.29, 1.82) is 0 Å². The van der Waals surface area contributed by atoms with Crippen molar-refractivity contribution < 1.29 is 14.3 Å². The summed E-state index contributed by atoms with van der Waals surface area (Å²) in [5, 5.41) is 6.11. The monoisotopic (exact) mass is 409 g/mol. The lowest BCUT2D eigenvalue weighted by molar-refractivity contribution is -0.118. The maximum absolute atomic E-state index is 12.8. The molecule has 0 bridgehead atoms. The fourth-order valence-electron chi connectivity index (χ4n) is 3.48. The van der Waals surface area contributed by atoms with Crippen molar-refractivity contribution in [3.63, 3.8) is 0 Å². The summed E-state index contributed by atoms with van der Waals surface area (Å²) < 4.78 is 5.68. The molecule has 2 aliphatic rings. The predicted octanol–water partition coefficient (Wildman–Crippen LogP) is 2.20. The van der Waals surface area contributed by atoms with Crippen LogP contribution in [-0.2, 0) is 9.53 Å². The Bertz CT molecular complexity index is 575. The van der Waals surface area contributed by atoms with E-state index < -0.39 is 5.60 Å². The number of aliphatic imine (C=N–C) groups is 1. The van der Waals surface area contributed by atoms with Crippen LogP contribution in [0.15, 0.2) is 4.99 Å². The molecule has 0 unspecified atom stereocenters. The molecule has 2 N–H and O–H groups in total. The maximum Gasteiger partial charge on any atom is 0.410 e. The summed E-state index contributed by atoms with van der Waals surface area (Å²) >= 11 is 0. The number of rotatable bonds is 7. The van der Waals surface area contributed by atoms with Gasteiger partial charge in [-0.3, -0.25) is 9.79 Å². The fourth-order valence-corrected chi connectivity index (χ4v) is 3.48. The Morgan fingerprint density at radius 1 is 1.14 bits per heavy atom. The first-order valence-corrected chi connectivity index (χ1v) is 11.0. The van der Waals surface area contributed by atoms with Gasteiger partial charge in [0.1, 0.15) is 5.60 Å². The van der Waals surface area contributed by atoms with Gasteiger partial charge >= 0.3 is 6.09 Å². The largest absolute Gasteiger partial charge is 0.444 e. The standard InChI is InChI=1S/C21H39N5O3/c1-6-22-19(24-12-11-23-16(2)27)25-13-9-18(10-14-25)26(15-17-7-8-17)20(28)29-21(3,4)5/h17-18H,6-15H2,1-5H3,(H,22,24)(H,23,27). The minimum absolute atomic E-state index is 0.0380. The first-order valence-electron chi connectivity index (χ1n) is 11.0. The average Bonchev–Trinajstić information content (AvgIpc) is 3.45. The van der Waals surface area contributed by atoms with E-state index in [1.807, 2.05) is 25.7 Å². The number of hydrogen-bond donors (Lipinski definition) is 2. The highest BCUT2D eigenvalue weighted by atomic mass is 16.6. The molecule has 0 aromatic rings. The lowest BCUT2D eigenvalue weighted by Crippen LogP contribution is -2.52. The molecule has 0 spiro atoms. The molecule has 0 atom stereocenters. The molecule has 1 saturated carbocycles. The normalized spacial score (nSPS) is 18.4. The third-order valence-electron chi connectivity index (χ3n) is 5.07. The van der Waals surface area contributed by atoms with E-state index in [0.29, 0.717) is 19.0 Å². The summed E-state index contributed by atoms with van der Waals surface area (Å²) in [7, 11) is 0. The molecular weight excluding hydrogens is 370 g/mol. The minimum atomic E-state index is -0.474. The molecule has 1 aliphatic heterocycles. The van der Waals surface area contributed by atoms with Gasteiger partial charge in [-0.15, -0.1) is 0 Å². The SMILES string of the molecule is CCNC(=NCCNC(C)=O)N1CCC(N(CC2CC2)C(=O)OC(C)(C)C)CC1. The van der Waals surface area contributed by atoms with Crippen LogP contribution in [0.2, 0.25) is 0 Å². The molecule has 2 amide bonds. The van der Waals surface area contributed by atoms with Crippen LogP contribution in [-0.4, -0.2) is 78.7 Å². The van der Waals surface area contributed by atoms with E-state index in [2.05, 4.69) is 27.4 Å². The molecule has 0 radical (unpaired) electrons. The van der Waals surface area contributed by atoms with E-state index in [-0.39, 0.29) is 18.0 Å². The average molecular weight is 410 g/mol. The van der Waals surface area contributed by atoms with Gasteiger partial charge in [-0.05, 0) is 59.3 Å². The third-order valence-corrected chi connectivity index (χ3v) is 5.07. The maximum atomic E-state index is 12.8. The Morgan fingerprint density at radius 2 is 1.79 bits per heavy atom. The number of piperidine rings is 1. The number of nitrogens with zero attached hydrogens (tertiary/aromatic N) is 3. The molecule has 1 saturated heterocycles. The molecule has 166 valence electrons. The van der Waals surface area contributed by atoms with Gasteiger partial charge in [0.25, 0.3) is 0 Å². The van der Waals surface area contributed by atoms with Crippen molar-refractivity contribution in [1.82, 2.24) is 20.4 Å². The van der Waals surface area contributed by atoms with Crippen LogP contribution < -0.4 is 10.6 Å². The van der Waals surface area contributed by atoms with Gasteiger partial charge in [0.05, 0.1) is 6.54 Å². The Morgan fingerprint density at radius 3 is 2.31 bits per heavy atom. The lowest BCUT2D eigenvalue weighted by Gasteiger charge is -2.40. The Labute approximate surface area is 175 Å². The molecule has 1 aliphatic carbocycles. The number of hydrogen-bond acceptors (Lipinski definition) is 4. The van der Waals surface area contributed by atoms with E-state index in [0.717, 1.165) is 45.0 Å². The Kier molecular flexibility index (Phi) is 8.59. The topological polar surface area (TPSA) is 86.3 Å². The predicted molar refractivity (Wildman–Crippen MR) is 115 cm³/mol. The fraction of sp³-hybridized carbons (Fsp3) is 0.857. The quantitative estimate of drug-likeness (QED) is 0.382. The summed E-state index contributed by atoms with van der Waals surface area (Å²) in [6.45, 7) is 13.7. The van der Waals surface area contributed by atoms with Crippen LogP contribution in [0.3, 0.4) is 0 Å². The summed E-state index contributed by atoms with van der Waals surface area (Å²) in [5.74, 6) is 1.47. The molecule has 1 heterocycles. The van der Waals surface area contributed by atoms with Gasteiger partial charge in [-0.1, -0.05) is 0 Å². The van der Waals surface area contributed by atoms with Gasteiger partial charge in [-0.2, -0.15) is 0 Å². The first kappa shape index (κ1) is 23.3. The van der Waals surface area contributed by atoms with E-state index >= 15 is 0 Å². The van der Waals surface area contributed by atoms with Crippen LogP contribution in [0.5, 0.6) is 0 Å². The van der Waals surface area contributed by atoms with Crippen LogP contribution >= 0.6 is 0 Å². The smallest absolute Gasteiger partial charge is 0.410 e. The van der Waals surface area contributed by atoms with Crippen LogP contribution in [0.1, 0.15) is 60.3 Å². The molecule has 2 fully saturated rings.